The highest BCUT2D eigenvalue weighted by Gasteiger charge is 2.34. The van der Waals surface area contributed by atoms with Gasteiger partial charge in [0, 0.05) is 39.4 Å². The number of carbonyl (C=O) groups is 3. The lowest BCUT2D eigenvalue weighted by atomic mass is 9.82. The van der Waals surface area contributed by atoms with Crippen LogP contribution in [-0.4, -0.2) is 102 Å². The Morgan fingerprint density at radius 1 is 0.980 bits per heavy atom. The maximum atomic E-state index is 13.7. The molecule has 49 heavy (non-hydrogen) atoms. The Morgan fingerprint density at radius 3 is 2.27 bits per heavy atom. The van der Waals surface area contributed by atoms with Gasteiger partial charge in [-0.3, -0.25) is 19.3 Å². The summed E-state index contributed by atoms with van der Waals surface area (Å²) in [6.07, 6.45) is 10.7. The van der Waals surface area contributed by atoms with Crippen molar-refractivity contribution in [2.75, 3.05) is 33.7 Å². The molecule has 0 saturated heterocycles. The highest BCUT2D eigenvalue weighted by atomic mass is 19.4. The van der Waals surface area contributed by atoms with E-state index < -0.39 is 60.7 Å². The fourth-order valence-electron chi connectivity index (χ4n) is 6.17. The Labute approximate surface area is 289 Å². The summed E-state index contributed by atoms with van der Waals surface area (Å²) in [5.74, 6) is 2.62. The number of likely N-dealkylation sites (N-methyl/N-ethyl adjacent to an activating group) is 2. The van der Waals surface area contributed by atoms with Crippen molar-refractivity contribution in [3.05, 3.63) is 35.9 Å². The highest BCUT2D eigenvalue weighted by Crippen LogP contribution is 2.29. The number of alkyl halides is 3. The topological polar surface area (TPSA) is 122 Å². The van der Waals surface area contributed by atoms with E-state index in [1.54, 1.807) is 24.3 Å². The van der Waals surface area contributed by atoms with E-state index in [1.807, 2.05) is 6.07 Å². The number of benzene rings is 1. The minimum atomic E-state index is -4.37. The van der Waals surface area contributed by atoms with Gasteiger partial charge < -0.3 is 25.7 Å². The number of terminal acetylenes is 2. The van der Waals surface area contributed by atoms with Crippen LogP contribution < -0.4 is 10.6 Å². The van der Waals surface area contributed by atoms with Crippen molar-refractivity contribution in [1.82, 2.24) is 20.4 Å². The fraction of sp³-hybridized carbons (Fsp3) is 0.649. The second-order valence-corrected chi connectivity index (χ2v) is 13.2. The minimum Gasteiger partial charge on any atom is -0.390 e. The molecular weight excluding hydrogens is 637 g/mol. The highest BCUT2D eigenvalue weighted by molar-refractivity contribution is 5.91. The number of hydrogen-bond donors (Lipinski definition) is 4. The summed E-state index contributed by atoms with van der Waals surface area (Å²) in [4.78, 5) is 43.0. The van der Waals surface area contributed by atoms with Gasteiger partial charge in [-0.05, 0) is 44.2 Å². The van der Waals surface area contributed by atoms with E-state index in [9.17, 15) is 37.8 Å². The molecule has 1 aromatic carbocycles. The lowest BCUT2D eigenvalue weighted by Crippen LogP contribution is -2.56. The number of aliphatic hydroxyl groups excluding tert-OH is 2. The molecule has 1 aromatic rings. The molecule has 0 aliphatic heterocycles. The first-order valence-electron chi connectivity index (χ1n) is 17.1. The number of unbranched alkanes of at least 4 members (excludes halogenated alkanes) is 1. The van der Waals surface area contributed by atoms with Gasteiger partial charge in [-0.15, -0.1) is 24.7 Å². The Balaban J connectivity index is 2.19. The number of amides is 3. The number of aliphatic hydroxyl groups is 2. The van der Waals surface area contributed by atoms with Gasteiger partial charge in [0.2, 0.25) is 17.7 Å². The standard InChI is InChI=1S/C37H53F3N4O5/c1-5-7-10-20-32(45)34(47)31(24-28-18-13-9-14-19-28)42-36(49)30(15-6-2)41-35(48)29(23-27-16-11-8-12-17-27)25-33(46)44(4)22-21-43(3)26-37(38,39)40/h1-2,8,11-12,16-17,28-32,34,45,47H,7,9-10,13-15,18-26H2,3-4H3,(H,41,48)(H,42,49)/t29?,30-,31?,32?,34+/m0/s1. The van der Waals surface area contributed by atoms with Crippen molar-refractivity contribution >= 4 is 17.7 Å². The van der Waals surface area contributed by atoms with Crippen LogP contribution in [0.5, 0.6) is 0 Å². The predicted octanol–water partition coefficient (Wildman–Crippen LogP) is 3.68. The van der Waals surface area contributed by atoms with Gasteiger partial charge in [0.1, 0.15) is 6.04 Å². The molecule has 1 saturated carbocycles. The van der Waals surface area contributed by atoms with Crippen LogP contribution in [0.3, 0.4) is 0 Å². The zero-order valence-electron chi connectivity index (χ0n) is 28.8. The first kappa shape index (κ1) is 41.6. The van der Waals surface area contributed by atoms with Crippen LogP contribution in [0.15, 0.2) is 30.3 Å². The first-order valence-corrected chi connectivity index (χ1v) is 17.1. The van der Waals surface area contributed by atoms with Crippen molar-refractivity contribution in [3.63, 3.8) is 0 Å². The van der Waals surface area contributed by atoms with E-state index in [2.05, 4.69) is 22.5 Å². The summed E-state index contributed by atoms with van der Waals surface area (Å²) in [6, 6.07) is 7.03. The molecule has 9 nitrogen and oxygen atoms in total. The van der Waals surface area contributed by atoms with Gasteiger partial charge in [0.05, 0.1) is 30.7 Å². The normalized spacial score (nSPS) is 16.8. The smallest absolute Gasteiger partial charge is 0.390 e. The monoisotopic (exact) mass is 690 g/mol. The van der Waals surface area contributed by atoms with Crippen LogP contribution in [0.1, 0.15) is 76.2 Å². The molecular formula is C37H53F3N4O5. The van der Waals surface area contributed by atoms with Crippen molar-refractivity contribution in [2.24, 2.45) is 11.8 Å². The maximum Gasteiger partial charge on any atom is 0.401 e. The maximum absolute atomic E-state index is 13.7. The third kappa shape index (κ3) is 16.1. The lowest BCUT2D eigenvalue weighted by molar-refractivity contribution is -0.144. The van der Waals surface area contributed by atoms with Gasteiger partial charge >= 0.3 is 6.18 Å². The van der Waals surface area contributed by atoms with Gasteiger partial charge in [-0.1, -0.05) is 62.4 Å². The van der Waals surface area contributed by atoms with Gasteiger partial charge in [-0.25, -0.2) is 0 Å². The van der Waals surface area contributed by atoms with Crippen LogP contribution in [0.2, 0.25) is 0 Å². The molecule has 1 aliphatic carbocycles. The third-order valence-corrected chi connectivity index (χ3v) is 9.03. The number of halogens is 3. The van der Waals surface area contributed by atoms with E-state index >= 15 is 0 Å². The molecule has 5 atom stereocenters. The average molecular weight is 691 g/mol. The second-order valence-electron chi connectivity index (χ2n) is 13.2. The van der Waals surface area contributed by atoms with Gasteiger partial charge in [0.25, 0.3) is 0 Å². The molecule has 2 rings (SSSR count). The van der Waals surface area contributed by atoms with Crippen molar-refractivity contribution < 1.29 is 37.8 Å². The molecule has 0 spiro atoms. The van der Waals surface area contributed by atoms with E-state index in [-0.39, 0.29) is 44.7 Å². The molecule has 1 fully saturated rings. The second kappa shape index (κ2) is 21.5. The zero-order chi connectivity index (χ0) is 36.4. The first-order chi connectivity index (χ1) is 23.2. The predicted molar refractivity (Wildman–Crippen MR) is 183 cm³/mol. The van der Waals surface area contributed by atoms with E-state index in [0.717, 1.165) is 42.6 Å². The van der Waals surface area contributed by atoms with Crippen LogP contribution in [0.4, 0.5) is 13.2 Å². The quantitative estimate of drug-likeness (QED) is 0.122. The summed E-state index contributed by atoms with van der Waals surface area (Å²) < 4.78 is 38.2. The van der Waals surface area contributed by atoms with E-state index in [4.69, 9.17) is 12.8 Å². The number of rotatable bonds is 20. The number of nitrogens with zero attached hydrogens (tertiary/aromatic N) is 2. The number of nitrogens with one attached hydrogen (secondary N) is 2. The summed E-state index contributed by atoms with van der Waals surface area (Å²) in [5, 5.41) is 27.5. The van der Waals surface area contributed by atoms with E-state index in [0.29, 0.717) is 19.3 Å². The van der Waals surface area contributed by atoms with Crippen molar-refractivity contribution in [1.29, 1.82) is 0 Å². The average Bonchev–Trinajstić information content (AvgIpc) is 3.06. The van der Waals surface area contributed by atoms with Gasteiger partial charge in [-0.2, -0.15) is 13.2 Å². The Kier molecular flexibility index (Phi) is 18.2. The van der Waals surface area contributed by atoms with Crippen LogP contribution in [0, 0.1) is 36.5 Å². The van der Waals surface area contributed by atoms with Crippen molar-refractivity contribution in [2.45, 2.75) is 108 Å². The molecule has 4 N–H and O–H groups in total. The molecule has 1 aliphatic rings. The van der Waals surface area contributed by atoms with Crippen LogP contribution in [-0.2, 0) is 20.8 Å². The molecule has 12 heteroatoms. The SMILES string of the molecule is C#CCCCC(O)[C@H](O)C(CC1CCCCC1)NC(=O)[C@H](CC#C)NC(=O)C(CC(=O)N(C)CCN(C)CC(F)(F)F)Cc1ccccc1. The molecule has 3 amide bonds. The molecule has 0 heterocycles. The molecule has 0 aromatic heterocycles. The summed E-state index contributed by atoms with van der Waals surface area (Å²) in [7, 11) is 2.78. The third-order valence-electron chi connectivity index (χ3n) is 9.03. The molecule has 272 valence electrons. The number of hydrogen-bond acceptors (Lipinski definition) is 6. The lowest BCUT2D eigenvalue weighted by Gasteiger charge is -2.33. The summed E-state index contributed by atoms with van der Waals surface area (Å²) in [5.41, 5.74) is 0.774. The fourth-order valence-corrected chi connectivity index (χ4v) is 6.17. The summed E-state index contributed by atoms with van der Waals surface area (Å²) in [6.45, 7) is -1.11. The Bertz CT molecular complexity index is 1240. The van der Waals surface area contributed by atoms with Crippen LogP contribution >= 0.6 is 0 Å². The molecule has 3 unspecified atom stereocenters. The Hall–Kier alpha value is -3.58. The molecule has 0 bridgehead atoms. The Morgan fingerprint density at radius 2 is 1.65 bits per heavy atom. The largest absolute Gasteiger partial charge is 0.401 e. The van der Waals surface area contributed by atoms with Gasteiger partial charge in [0.15, 0.2) is 0 Å². The summed E-state index contributed by atoms with van der Waals surface area (Å²) >= 11 is 0. The zero-order valence-corrected chi connectivity index (χ0v) is 28.8. The molecule has 0 radical (unpaired) electrons. The minimum absolute atomic E-state index is 0.0196. The number of carbonyl (C=O) groups excluding carboxylic acids is 3. The van der Waals surface area contributed by atoms with Crippen molar-refractivity contribution in [3.8, 4) is 24.7 Å². The van der Waals surface area contributed by atoms with E-state index in [1.165, 1.54) is 19.0 Å². The van der Waals surface area contributed by atoms with Crippen LogP contribution in [0.25, 0.3) is 0 Å².